The Balaban J connectivity index is 2.68. The Labute approximate surface area is 118 Å². The van der Waals surface area contributed by atoms with E-state index in [9.17, 15) is 9.59 Å². The summed E-state index contributed by atoms with van der Waals surface area (Å²) in [5.74, 6) is -0.976. The van der Waals surface area contributed by atoms with Crippen molar-refractivity contribution in [2.75, 3.05) is 11.5 Å². The first kappa shape index (κ1) is 15.8. The largest absolute Gasteiger partial charge is 0.449 e. The summed E-state index contributed by atoms with van der Waals surface area (Å²) < 4.78 is 5.09. The van der Waals surface area contributed by atoms with Crippen LogP contribution in [0.2, 0.25) is 0 Å². The van der Waals surface area contributed by atoms with Crippen LogP contribution in [0.5, 0.6) is 0 Å². The van der Waals surface area contributed by atoms with Gasteiger partial charge in [0, 0.05) is 17.4 Å². The number of hydrogen-bond donors (Lipinski definition) is 3. The number of esters is 1. The summed E-state index contributed by atoms with van der Waals surface area (Å²) in [6.07, 6.45) is -0.0782. The minimum Gasteiger partial charge on any atom is -0.449 e. The smallest absolute Gasteiger partial charge is 0.341 e. The maximum absolute atomic E-state index is 11.9. The highest BCUT2D eigenvalue weighted by molar-refractivity contribution is 5.97. The Morgan fingerprint density at radius 1 is 1.30 bits per heavy atom. The van der Waals surface area contributed by atoms with Crippen LogP contribution >= 0.6 is 0 Å². The Hall–Kier alpha value is -2.24. The standard InChI is InChI=1S/C14H21N3O3/c1-4-8(2)17-13(18)9(3)20-14(19)11-6-5-10(15)7-12(11)16/h5-9H,4,15-16H2,1-3H3,(H,17,18). The van der Waals surface area contributed by atoms with E-state index in [0.29, 0.717) is 5.69 Å². The highest BCUT2D eigenvalue weighted by Gasteiger charge is 2.21. The number of nitrogens with two attached hydrogens (primary N) is 2. The van der Waals surface area contributed by atoms with E-state index in [-0.39, 0.29) is 23.2 Å². The molecule has 6 heteroatoms. The lowest BCUT2D eigenvalue weighted by Gasteiger charge is -2.17. The van der Waals surface area contributed by atoms with Gasteiger partial charge in [-0.25, -0.2) is 4.79 Å². The molecule has 0 fully saturated rings. The summed E-state index contributed by atoms with van der Waals surface area (Å²) in [5.41, 5.74) is 12.1. The second-order valence-electron chi connectivity index (χ2n) is 4.71. The fourth-order valence-corrected chi connectivity index (χ4v) is 1.51. The van der Waals surface area contributed by atoms with Crippen molar-refractivity contribution < 1.29 is 14.3 Å². The van der Waals surface area contributed by atoms with Gasteiger partial charge < -0.3 is 21.5 Å². The molecule has 0 radical (unpaired) electrons. The Morgan fingerprint density at radius 2 is 1.95 bits per heavy atom. The minimum atomic E-state index is -0.881. The zero-order valence-corrected chi connectivity index (χ0v) is 12.0. The summed E-state index contributed by atoms with van der Waals surface area (Å²) in [5, 5.41) is 2.74. The first-order valence-electron chi connectivity index (χ1n) is 6.51. The lowest BCUT2D eigenvalue weighted by Crippen LogP contribution is -2.40. The molecule has 6 nitrogen and oxygen atoms in total. The van der Waals surface area contributed by atoms with E-state index in [2.05, 4.69) is 5.32 Å². The fraction of sp³-hybridized carbons (Fsp3) is 0.429. The number of nitrogen functional groups attached to an aromatic ring is 2. The highest BCUT2D eigenvalue weighted by atomic mass is 16.5. The molecule has 0 saturated carbocycles. The molecule has 110 valence electrons. The van der Waals surface area contributed by atoms with Gasteiger partial charge in [-0.15, -0.1) is 0 Å². The lowest BCUT2D eigenvalue weighted by molar-refractivity contribution is -0.129. The van der Waals surface area contributed by atoms with Crippen LogP contribution < -0.4 is 16.8 Å². The van der Waals surface area contributed by atoms with E-state index in [0.717, 1.165) is 6.42 Å². The Bertz CT molecular complexity index is 502. The van der Waals surface area contributed by atoms with Gasteiger partial charge in [0.1, 0.15) is 0 Å². The molecule has 0 bridgehead atoms. The SMILES string of the molecule is CCC(C)NC(=O)C(C)OC(=O)c1ccc(N)cc1N. The number of rotatable bonds is 5. The van der Waals surface area contributed by atoms with Crippen LogP contribution in [0.3, 0.4) is 0 Å². The maximum Gasteiger partial charge on any atom is 0.341 e. The number of benzene rings is 1. The van der Waals surface area contributed by atoms with Crippen molar-refractivity contribution in [3.63, 3.8) is 0 Å². The third-order valence-corrected chi connectivity index (χ3v) is 2.95. The molecule has 0 aliphatic carbocycles. The second kappa shape index (κ2) is 6.79. The molecule has 5 N–H and O–H groups in total. The molecule has 1 rings (SSSR count). The van der Waals surface area contributed by atoms with E-state index in [1.807, 2.05) is 13.8 Å². The molecule has 0 aliphatic heterocycles. The molecule has 2 unspecified atom stereocenters. The molecular formula is C14H21N3O3. The van der Waals surface area contributed by atoms with Crippen LogP contribution in [0.25, 0.3) is 0 Å². The van der Waals surface area contributed by atoms with E-state index in [4.69, 9.17) is 16.2 Å². The summed E-state index contributed by atoms with van der Waals surface area (Å²) >= 11 is 0. The van der Waals surface area contributed by atoms with Crippen molar-refractivity contribution in [3.05, 3.63) is 23.8 Å². The topological polar surface area (TPSA) is 107 Å². The van der Waals surface area contributed by atoms with Crippen LogP contribution in [0.1, 0.15) is 37.6 Å². The van der Waals surface area contributed by atoms with Crippen LogP contribution in [-0.4, -0.2) is 24.0 Å². The predicted octanol–water partition coefficient (Wildman–Crippen LogP) is 1.31. The van der Waals surface area contributed by atoms with Crippen molar-refractivity contribution in [2.24, 2.45) is 0 Å². The first-order valence-corrected chi connectivity index (χ1v) is 6.51. The van der Waals surface area contributed by atoms with Gasteiger partial charge in [0.2, 0.25) is 0 Å². The van der Waals surface area contributed by atoms with Crippen molar-refractivity contribution in [1.29, 1.82) is 0 Å². The van der Waals surface area contributed by atoms with Crippen LogP contribution in [-0.2, 0) is 9.53 Å². The van der Waals surface area contributed by atoms with Gasteiger partial charge in [0.25, 0.3) is 5.91 Å². The normalized spacial score (nSPS) is 13.3. The summed E-state index contributed by atoms with van der Waals surface area (Å²) in [6, 6.07) is 4.54. The molecular weight excluding hydrogens is 258 g/mol. The zero-order valence-electron chi connectivity index (χ0n) is 12.0. The van der Waals surface area contributed by atoms with Crippen molar-refractivity contribution >= 4 is 23.3 Å². The quantitative estimate of drug-likeness (QED) is 0.556. The van der Waals surface area contributed by atoms with Crippen LogP contribution in [0.15, 0.2) is 18.2 Å². The molecule has 1 amide bonds. The monoisotopic (exact) mass is 279 g/mol. The van der Waals surface area contributed by atoms with Crippen LogP contribution in [0.4, 0.5) is 11.4 Å². The lowest BCUT2D eigenvalue weighted by atomic mass is 10.1. The average molecular weight is 279 g/mol. The average Bonchev–Trinajstić information content (AvgIpc) is 2.37. The Morgan fingerprint density at radius 3 is 2.50 bits per heavy atom. The Kier molecular flexibility index (Phi) is 5.37. The number of anilines is 2. The first-order chi connectivity index (χ1) is 9.35. The highest BCUT2D eigenvalue weighted by Crippen LogP contribution is 2.17. The van der Waals surface area contributed by atoms with Crippen molar-refractivity contribution in [1.82, 2.24) is 5.32 Å². The maximum atomic E-state index is 11.9. The van der Waals surface area contributed by atoms with Gasteiger partial charge in [0.05, 0.1) is 5.56 Å². The van der Waals surface area contributed by atoms with Crippen LogP contribution in [0, 0.1) is 0 Å². The van der Waals surface area contributed by atoms with Crippen molar-refractivity contribution in [3.8, 4) is 0 Å². The second-order valence-corrected chi connectivity index (χ2v) is 4.71. The molecule has 20 heavy (non-hydrogen) atoms. The van der Waals surface area contributed by atoms with E-state index < -0.39 is 12.1 Å². The molecule has 0 aromatic heterocycles. The number of carbonyl (C=O) groups is 2. The number of ether oxygens (including phenoxy) is 1. The molecule has 0 heterocycles. The van der Waals surface area contributed by atoms with E-state index in [1.54, 1.807) is 6.07 Å². The number of amides is 1. The van der Waals surface area contributed by atoms with Gasteiger partial charge in [-0.2, -0.15) is 0 Å². The molecule has 0 aliphatic rings. The molecule has 1 aromatic rings. The summed E-state index contributed by atoms with van der Waals surface area (Å²) in [6.45, 7) is 5.35. The van der Waals surface area contributed by atoms with Gasteiger partial charge in [-0.1, -0.05) is 6.92 Å². The van der Waals surface area contributed by atoms with Gasteiger partial charge in [0.15, 0.2) is 6.10 Å². The van der Waals surface area contributed by atoms with E-state index >= 15 is 0 Å². The van der Waals surface area contributed by atoms with Gasteiger partial charge in [-0.3, -0.25) is 4.79 Å². The molecule has 1 aromatic carbocycles. The predicted molar refractivity (Wildman–Crippen MR) is 78.0 cm³/mol. The molecule has 0 saturated heterocycles. The third-order valence-electron chi connectivity index (χ3n) is 2.95. The van der Waals surface area contributed by atoms with Crippen molar-refractivity contribution in [2.45, 2.75) is 39.3 Å². The molecule has 2 atom stereocenters. The minimum absolute atomic E-state index is 0.0326. The third kappa shape index (κ3) is 4.15. The zero-order chi connectivity index (χ0) is 15.3. The van der Waals surface area contributed by atoms with Gasteiger partial charge in [-0.05, 0) is 38.5 Å². The summed E-state index contributed by atoms with van der Waals surface area (Å²) in [4.78, 5) is 23.7. The number of hydrogen-bond acceptors (Lipinski definition) is 5. The van der Waals surface area contributed by atoms with E-state index in [1.165, 1.54) is 19.1 Å². The fourth-order valence-electron chi connectivity index (χ4n) is 1.51. The molecule has 0 spiro atoms. The number of carbonyl (C=O) groups excluding carboxylic acids is 2. The number of nitrogens with one attached hydrogen (secondary N) is 1. The van der Waals surface area contributed by atoms with Gasteiger partial charge >= 0.3 is 5.97 Å². The summed E-state index contributed by atoms with van der Waals surface area (Å²) in [7, 11) is 0.